The Morgan fingerprint density at radius 1 is 1.17 bits per heavy atom. The lowest BCUT2D eigenvalue weighted by molar-refractivity contribution is 0.0876. The van der Waals surface area contributed by atoms with Gasteiger partial charge in [-0.15, -0.1) is 0 Å². The maximum absolute atomic E-state index is 12.8. The number of fused-ring (bicyclic) bond motifs is 3. The number of amides is 1. The van der Waals surface area contributed by atoms with E-state index in [9.17, 15) is 9.59 Å². The summed E-state index contributed by atoms with van der Waals surface area (Å²) in [6, 6.07) is 8.76. The van der Waals surface area contributed by atoms with Crippen LogP contribution in [0.4, 0.5) is 0 Å². The van der Waals surface area contributed by atoms with Crippen molar-refractivity contribution in [3.63, 3.8) is 0 Å². The third kappa shape index (κ3) is 2.44. The molecule has 2 aromatic heterocycles. The molecule has 2 fully saturated rings. The number of Topliss-reactive ketones (excluding diaryl/α,β-unsaturated/α-hetero) is 1. The lowest BCUT2D eigenvalue weighted by atomic mass is 9.98. The van der Waals surface area contributed by atoms with Gasteiger partial charge in [-0.2, -0.15) is 0 Å². The Balaban J connectivity index is 1.59. The van der Waals surface area contributed by atoms with E-state index >= 15 is 0 Å². The zero-order valence-corrected chi connectivity index (χ0v) is 14.2. The van der Waals surface area contributed by atoms with Gasteiger partial charge in [-0.05, 0) is 57.9 Å². The summed E-state index contributed by atoms with van der Waals surface area (Å²) >= 11 is 0. The van der Waals surface area contributed by atoms with Crippen LogP contribution in [0.15, 0.2) is 30.5 Å². The molecule has 0 aromatic carbocycles. The Kier molecular flexibility index (Phi) is 3.68. The van der Waals surface area contributed by atoms with Gasteiger partial charge in [0.2, 0.25) is 0 Å². The summed E-state index contributed by atoms with van der Waals surface area (Å²) in [6.45, 7) is 1.54. The highest BCUT2D eigenvalue weighted by Gasteiger charge is 2.39. The van der Waals surface area contributed by atoms with Crippen molar-refractivity contribution in [3.8, 4) is 0 Å². The predicted octanol–water partition coefficient (Wildman–Crippen LogP) is 2.50. The van der Waals surface area contributed by atoms with Crippen LogP contribution >= 0.6 is 0 Å². The highest BCUT2D eigenvalue weighted by Crippen LogP contribution is 2.34. The molecular formula is C19H23N3O2. The van der Waals surface area contributed by atoms with Crippen LogP contribution in [0.3, 0.4) is 0 Å². The molecule has 5 nitrogen and oxygen atoms in total. The Hall–Kier alpha value is -2.14. The minimum Gasteiger partial charge on any atom is -0.348 e. The van der Waals surface area contributed by atoms with E-state index in [0.29, 0.717) is 23.3 Å². The van der Waals surface area contributed by atoms with Crippen molar-refractivity contribution in [1.82, 2.24) is 14.6 Å². The molecule has 2 bridgehead atoms. The average Bonchev–Trinajstić information content (AvgIpc) is 3.02. The minimum atomic E-state index is -0.0855. The lowest BCUT2D eigenvalue weighted by Gasteiger charge is -2.36. The molecule has 24 heavy (non-hydrogen) atoms. The van der Waals surface area contributed by atoms with Gasteiger partial charge < -0.3 is 14.6 Å². The molecule has 0 aliphatic carbocycles. The van der Waals surface area contributed by atoms with Crippen molar-refractivity contribution >= 4 is 17.2 Å². The van der Waals surface area contributed by atoms with Crippen molar-refractivity contribution in [3.05, 3.63) is 41.7 Å². The molecule has 0 spiro atoms. The highest BCUT2D eigenvalue weighted by atomic mass is 16.2. The number of carbonyl (C=O) groups excluding carboxylic acids is 2. The Morgan fingerprint density at radius 2 is 1.88 bits per heavy atom. The number of rotatable bonds is 3. The molecule has 2 saturated heterocycles. The van der Waals surface area contributed by atoms with Crippen LogP contribution in [0.5, 0.6) is 0 Å². The minimum absolute atomic E-state index is 0.0184. The Labute approximate surface area is 141 Å². The van der Waals surface area contributed by atoms with Crippen LogP contribution in [0.1, 0.15) is 53.5 Å². The molecule has 4 heterocycles. The summed E-state index contributed by atoms with van der Waals surface area (Å²) in [5.74, 6) is -0.104. The van der Waals surface area contributed by atoms with Gasteiger partial charge in [0.05, 0.1) is 5.52 Å². The molecule has 2 atom stereocenters. The molecule has 1 amide bonds. The van der Waals surface area contributed by atoms with Gasteiger partial charge in [0.25, 0.3) is 5.91 Å². The van der Waals surface area contributed by atoms with E-state index in [0.717, 1.165) is 18.4 Å². The Morgan fingerprint density at radius 3 is 2.54 bits per heavy atom. The second-order valence-electron chi connectivity index (χ2n) is 7.15. The first-order valence-electron chi connectivity index (χ1n) is 8.68. The lowest BCUT2D eigenvalue weighted by Crippen LogP contribution is -2.48. The Bertz CT molecular complexity index is 796. The fourth-order valence-electron chi connectivity index (χ4n) is 4.40. The van der Waals surface area contributed by atoms with E-state index in [-0.39, 0.29) is 17.7 Å². The molecule has 5 heteroatoms. The second kappa shape index (κ2) is 5.74. The quantitative estimate of drug-likeness (QED) is 0.882. The number of hydrogen-bond acceptors (Lipinski definition) is 3. The summed E-state index contributed by atoms with van der Waals surface area (Å²) in [6.07, 6.45) is 6.34. The highest BCUT2D eigenvalue weighted by molar-refractivity contribution is 6.05. The van der Waals surface area contributed by atoms with Crippen molar-refractivity contribution < 1.29 is 9.59 Å². The van der Waals surface area contributed by atoms with Crippen LogP contribution < -0.4 is 5.32 Å². The molecule has 0 radical (unpaired) electrons. The van der Waals surface area contributed by atoms with Gasteiger partial charge in [0.1, 0.15) is 5.69 Å². The predicted molar refractivity (Wildman–Crippen MR) is 92.5 cm³/mol. The third-order valence-corrected chi connectivity index (χ3v) is 5.72. The second-order valence-corrected chi connectivity index (χ2v) is 7.15. The first-order valence-corrected chi connectivity index (χ1v) is 8.68. The first-order chi connectivity index (χ1) is 11.5. The van der Waals surface area contributed by atoms with Crippen LogP contribution in [0.25, 0.3) is 5.52 Å². The molecule has 2 unspecified atom stereocenters. The van der Waals surface area contributed by atoms with Crippen molar-refractivity contribution in [2.24, 2.45) is 0 Å². The third-order valence-electron chi connectivity index (χ3n) is 5.72. The van der Waals surface area contributed by atoms with E-state index in [1.54, 1.807) is 13.0 Å². The number of nitrogens with one attached hydrogen (secondary N) is 1. The van der Waals surface area contributed by atoms with Gasteiger partial charge in [0.15, 0.2) is 5.78 Å². The number of ketones is 1. The number of aromatic nitrogens is 1. The molecular weight excluding hydrogens is 302 g/mol. The SMILES string of the molecule is CC(=O)c1cc(C(=O)NC2CC3CCC(C2)N3C)n2ccccc12. The van der Waals surface area contributed by atoms with Crippen molar-refractivity contribution in [2.45, 2.75) is 50.7 Å². The largest absolute Gasteiger partial charge is 0.348 e. The molecule has 2 aromatic rings. The summed E-state index contributed by atoms with van der Waals surface area (Å²) in [5, 5.41) is 3.20. The average molecular weight is 325 g/mol. The number of pyridine rings is 1. The van der Waals surface area contributed by atoms with Crippen LogP contribution in [-0.4, -0.2) is 46.2 Å². The zero-order valence-electron chi connectivity index (χ0n) is 14.2. The fraction of sp³-hybridized carbons (Fsp3) is 0.474. The first kappa shape index (κ1) is 15.4. The van der Waals surface area contributed by atoms with Crippen LogP contribution in [0.2, 0.25) is 0 Å². The summed E-state index contributed by atoms with van der Waals surface area (Å²) in [4.78, 5) is 27.1. The number of carbonyl (C=O) groups is 2. The fourth-order valence-corrected chi connectivity index (χ4v) is 4.40. The van der Waals surface area contributed by atoms with Crippen LogP contribution in [0, 0.1) is 0 Å². The van der Waals surface area contributed by atoms with E-state index in [1.165, 1.54) is 12.8 Å². The van der Waals surface area contributed by atoms with Crippen LogP contribution in [-0.2, 0) is 0 Å². The van der Waals surface area contributed by atoms with E-state index in [1.807, 2.05) is 28.8 Å². The standard InChI is InChI=1S/C19H23N3O2/c1-12(23)16-11-18(22-8-4-3-5-17(16)22)19(24)20-13-9-14-6-7-15(10-13)21(14)2/h3-5,8,11,13-15H,6-7,9-10H2,1-2H3,(H,20,24). The van der Waals surface area contributed by atoms with Gasteiger partial charge in [-0.1, -0.05) is 6.07 Å². The van der Waals surface area contributed by atoms with Crippen molar-refractivity contribution in [2.75, 3.05) is 7.05 Å². The van der Waals surface area contributed by atoms with E-state index in [4.69, 9.17) is 0 Å². The zero-order chi connectivity index (χ0) is 16.8. The molecule has 2 aliphatic rings. The van der Waals surface area contributed by atoms with Gasteiger partial charge in [0, 0.05) is 29.9 Å². The van der Waals surface area contributed by atoms with Gasteiger partial charge >= 0.3 is 0 Å². The monoisotopic (exact) mass is 325 g/mol. The van der Waals surface area contributed by atoms with Gasteiger partial charge in [-0.3, -0.25) is 9.59 Å². The smallest absolute Gasteiger partial charge is 0.268 e. The molecule has 1 N–H and O–H groups in total. The summed E-state index contributed by atoms with van der Waals surface area (Å²) in [5.41, 5.74) is 1.94. The maximum atomic E-state index is 12.8. The van der Waals surface area contributed by atoms with Crippen molar-refractivity contribution in [1.29, 1.82) is 0 Å². The molecule has 126 valence electrons. The maximum Gasteiger partial charge on any atom is 0.268 e. The van der Waals surface area contributed by atoms with E-state index in [2.05, 4.69) is 17.3 Å². The topological polar surface area (TPSA) is 53.8 Å². The number of hydrogen-bond donors (Lipinski definition) is 1. The summed E-state index contributed by atoms with van der Waals surface area (Å²) < 4.78 is 1.82. The summed E-state index contributed by atoms with van der Waals surface area (Å²) in [7, 11) is 2.19. The molecule has 0 saturated carbocycles. The number of piperidine rings is 1. The van der Waals surface area contributed by atoms with Gasteiger partial charge in [-0.25, -0.2) is 0 Å². The molecule has 2 aliphatic heterocycles. The number of nitrogens with zero attached hydrogens (tertiary/aromatic N) is 2. The van der Waals surface area contributed by atoms with E-state index < -0.39 is 0 Å². The molecule has 4 rings (SSSR count). The normalized spacial score (nSPS) is 26.7.